The van der Waals surface area contributed by atoms with Crippen LogP contribution in [0.15, 0.2) is 48.5 Å². The van der Waals surface area contributed by atoms with Crippen molar-refractivity contribution in [1.82, 2.24) is 0 Å². The van der Waals surface area contributed by atoms with Gasteiger partial charge in [-0.1, -0.05) is 24.3 Å². The van der Waals surface area contributed by atoms with E-state index in [4.69, 9.17) is 4.74 Å². The van der Waals surface area contributed by atoms with E-state index in [-0.39, 0.29) is 12.0 Å². The zero-order valence-corrected chi connectivity index (χ0v) is 12.0. The van der Waals surface area contributed by atoms with Gasteiger partial charge in [-0.2, -0.15) is 0 Å². The maximum Gasteiger partial charge on any atom is 0.221 e. The molecule has 0 atom stereocenters. The first-order valence-corrected chi connectivity index (χ1v) is 6.69. The molecule has 20 heavy (non-hydrogen) atoms. The molecule has 0 aliphatic rings. The van der Waals surface area contributed by atoms with E-state index in [1.165, 1.54) is 6.92 Å². The number of ether oxygens (including phenoxy) is 1. The fraction of sp³-hybridized carbons (Fsp3) is 0.235. The van der Waals surface area contributed by atoms with Gasteiger partial charge in [0, 0.05) is 12.6 Å². The third-order valence-corrected chi connectivity index (χ3v) is 2.72. The predicted octanol–water partition coefficient (Wildman–Crippen LogP) is 4.10. The number of anilines is 1. The van der Waals surface area contributed by atoms with E-state index < -0.39 is 0 Å². The van der Waals surface area contributed by atoms with Crippen molar-refractivity contribution in [2.24, 2.45) is 0 Å². The van der Waals surface area contributed by atoms with Gasteiger partial charge in [-0.05, 0) is 49.2 Å². The van der Waals surface area contributed by atoms with Crippen LogP contribution in [0.1, 0.15) is 20.8 Å². The fourth-order valence-electron chi connectivity index (χ4n) is 2.00. The lowest BCUT2D eigenvalue weighted by Crippen LogP contribution is -2.06. The Labute approximate surface area is 119 Å². The van der Waals surface area contributed by atoms with Crippen molar-refractivity contribution in [3.05, 3.63) is 48.5 Å². The average Bonchev–Trinajstić information content (AvgIpc) is 2.38. The van der Waals surface area contributed by atoms with Crippen molar-refractivity contribution in [2.45, 2.75) is 26.9 Å². The molecule has 1 N–H and O–H groups in total. The number of amides is 1. The van der Waals surface area contributed by atoms with Gasteiger partial charge in [0.05, 0.1) is 6.10 Å². The molecule has 0 aliphatic carbocycles. The minimum Gasteiger partial charge on any atom is -0.491 e. The van der Waals surface area contributed by atoms with Crippen molar-refractivity contribution in [3.63, 3.8) is 0 Å². The van der Waals surface area contributed by atoms with Gasteiger partial charge in [0.15, 0.2) is 0 Å². The first-order chi connectivity index (χ1) is 9.54. The summed E-state index contributed by atoms with van der Waals surface area (Å²) in [6.07, 6.45) is 0.149. The van der Waals surface area contributed by atoms with E-state index in [1.54, 1.807) is 0 Å². The molecule has 0 heterocycles. The lowest BCUT2D eigenvalue weighted by Gasteiger charge is -2.11. The summed E-state index contributed by atoms with van der Waals surface area (Å²) in [7, 11) is 0. The molecular formula is C17H19NO2. The smallest absolute Gasteiger partial charge is 0.221 e. The molecule has 3 heteroatoms. The molecule has 0 fully saturated rings. The fourth-order valence-corrected chi connectivity index (χ4v) is 2.00. The molecule has 0 radical (unpaired) electrons. The predicted molar refractivity (Wildman–Crippen MR) is 81.9 cm³/mol. The standard InChI is InChI=1S/C17H19NO2/c1-12(2)20-17-9-5-7-15(11-17)14-6-4-8-16(10-14)18-13(3)19/h4-12H,1-3H3,(H,18,19). The van der Waals surface area contributed by atoms with Gasteiger partial charge < -0.3 is 10.1 Å². The minimum atomic E-state index is -0.0703. The van der Waals surface area contributed by atoms with Gasteiger partial charge >= 0.3 is 0 Å². The number of nitrogens with one attached hydrogen (secondary N) is 1. The number of carbonyl (C=O) groups excluding carboxylic acids is 1. The maximum absolute atomic E-state index is 11.1. The summed E-state index contributed by atoms with van der Waals surface area (Å²) in [5, 5.41) is 2.79. The highest BCUT2D eigenvalue weighted by atomic mass is 16.5. The highest BCUT2D eigenvalue weighted by Crippen LogP contribution is 2.26. The minimum absolute atomic E-state index is 0.0703. The zero-order chi connectivity index (χ0) is 14.5. The SMILES string of the molecule is CC(=O)Nc1cccc(-c2cccc(OC(C)C)c2)c1. The van der Waals surface area contributed by atoms with Crippen LogP contribution in [0, 0.1) is 0 Å². The monoisotopic (exact) mass is 269 g/mol. The van der Waals surface area contributed by atoms with Gasteiger partial charge in [0.1, 0.15) is 5.75 Å². The summed E-state index contributed by atoms with van der Waals surface area (Å²) in [6, 6.07) is 15.7. The second-order valence-corrected chi connectivity index (χ2v) is 4.96. The van der Waals surface area contributed by atoms with Crippen LogP contribution in [0.3, 0.4) is 0 Å². The average molecular weight is 269 g/mol. The van der Waals surface area contributed by atoms with E-state index in [0.717, 1.165) is 22.6 Å². The molecule has 0 saturated heterocycles. The van der Waals surface area contributed by atoms with Gasteiger partial charge in [-0.15, -0.1) is 0 Å². The van der Waals surface area contributed by atoms with Crippen LogP contribution in [-0.2, 0) is 4.79 Å². The molecular weight excluding hydrogens is 250 g/mol. The lowest BCUT2D eigenvalue weighted by molar-refractivity contribution is -0.114. The zero-order valence-electron chi connectivity index (χ0n) is 12.0. The van der Waals surface area contributed by atoms with E-state index in [9.17, 15) is 4.79 Å². The Morgan fingerprint density at radius 2 is 1.70 bits per heavy atom. The Hall–Kier alpha value is -2.29. The Balaban J connectivity index is 2.29. The molecule has 1 amide bonds. The second-order valence-electron chi connectivity index (χ2n) is 4.96. The van der Waals surface area contributed by atoms with E-state index in [2.05, 4.69) is 5.32 Å². The molecule has 0 saturated carbocycles. The highest BCUT2D eigenvalue weighted by Gasteiger charge is 2.03. The molecule has 2 aromatic carbocycles. The van der Waals surface area contributed by atoms with Crippen molar-refractivity contribution in [3.8, 4) is 16.9 Å². The number of hydrogen-bond donors (Lipinski definition) is 1. The molecule has 2 rings (SSSR count). The van der Waals surface area contributed by atoms with Crippen LogP contribution in [0.2, 0.25) is 0 Å². The van der Waals surface area contributed by atoms with Gasteiger partial charge in [-0.25, -0.2) is 0 Å². The molecule has 0 spiro atoms. The van der Waals surface area contributed by atoms with Crippen LogP contribution < -0.4 is 10.1 Å². The number of rotatable bonds is 4. The van der Waals surface area contributed by atoms with Gasteiger partial charge in [-0.3, -0.25) is 4.79 Å². The van der Waals surface area contributed by atoms with E-state index in [1.807, 2.05) is 62.4 Å². The summed E-state index contributed by atoms with van der Waals surface area (Å²) in [5.74, 6) is 0.779. The van der Waals surface area contributed by atoms with E-state index >= 15 is 0 Å². The van der Waals surface area contributed by atoms with Crippen molar-refractivity contribution < 1.29 is 9.53 Å². The molecule has 0 aromatic heterocycles. The second kappa shape index (κ2) is 6.24. The highest BCUT2D eigenvalue weighted by molar-refractivity contribution is 5.89. The summed E-state index contributed by atoms with van der Waals surface area (Å²) < 4.78 is 5.70. The van der Waals surface area contributed by atoms with Gasteiger partial charge in [0.25, 0.3) is 0 Å². The van der Waals surface area contributed by atoms with Crippen molar-refractivity contribution >= 4 is 11.6 Å². The van der Waals surface area contributed by atoms with Crippen molar-refractivity contribution in [1.29, 1.82) is 0 Å². The first kappa shape index (κ1) is 14.1. The topological polar surface area (TPSA) is 38.3 Å². The Bertz CT molecular complexity index is 605. The number of carbonyl (C=O) groups is 1. The van der Waals surface area contributed by atoms with Crippen molar-refractivity contribution in [2.75, 3.05) is 5.32 Å². The summed E-state index contributed by atoms with van der Waals surface area (Å²) >= 11 is 0. The normalized spacial score (nSPS) is 10.4. The summed E-state index contributed by atoms with van der Waals surface area (Å²) in [4.78, 5) is 11.1. The van der Waals surface area contributed by atoms with Crippen LogP contribution >= 0.6 is 0 Å². The largest absolute Gasteiger partial charge is 0.491 e. The van der Waals surface area contributed by atoms with Crippen LogP contribution in [0.25, 0.3) is 11.1 Å². The maximum atomic E-state index is 11.1. The first-order valence-electron chi connectivity index (χ1n) is 6.69. The molecule has 0 aliphatic heterocycles. The quantitative estimate of drug-likeness (QED) is 0.907. The number of benzene rings is 2. The third kappa shape index (κ3) is 3.85. The lowest BCUT2D eigenvalue weighted by atomic mass is 10.0. The third-order valence-electron chi connectivity index (χ3n) is 2.72. The van der Waals surface area contributed by atoms with E-state index in [0.29, 0.717) is 0 Å². The molecule has 104 valence electrons. The summed E-state index contributed by atoms with van der Waals surface area (Å²) in [5.41, 5.74) is 2.91. The molecule has 3 nitrogen and oxygen atoms in total. The molecule has 2 aromatic rings. The Morgan fingerprint density at radius 1 is 1.05 bits per heavy atom. The van der Waals surface area contributed by atoms with Crippen LogP contribution in [0.4, 0.5) is 5.69 Å². The molecule has 0 unspecified atom stereocenters. The Kier molecular flexibility index (Phi) is 4.41. The number of hydrogen-bond acceptors (Lipinski definition) is 2. The molecule has 0 bridgehead atoms. The summed E-state index contributed by atoms with van der Waals surface area (Å²) in [6.45, 7) is 5.51. The Morgan fingerprint density at radius 3 is 2.35 bits per heavy atom. The van der Waals surface area contributed by atoms with Crippen LogP contribution in [0.5, 0.6) is 5.75 Å². The van der Waals surface area contributed by atoms with Crippen LogP contribution in [-0.4, -0.2) is 12.0 Å². The van der Waals surface area contributed by atoms with Gasteiger partial charge in [0.2, 0.25) is 5.91 Å².